The Hall–Kier alpha value is -0.690. The summed E-state index contributed by atoms with van der Waals surface area (Å²) in [5.41, 5.74) is 0. The predicted octanol–water partition coefficient (Wildman–Crippen LogP) is 3.05. The van der Waals surface area contributed by atoms with Crippen LogP contribution in [0.1, 0.15) is 77.0 Å². The highest BCUT2D eigenvalue weighted by atomic mass is 17.1. The van der Waals surface area contributed by atoms with Gasteiger partial charge >= 0.3 is 5.97 Å². The van der Waals surface area contributed by atoms with Gasteiger partial charge in [-0.1, -0.05) is 51.4 Å². The maximum absolute atomic E-state index is 11.2. The van der Waals surface area contributed by atoms with Crippen molar-refractivity contribution in [3.8, 4) is 0 Å². The molecule has 0 aliphatic carbocycles. The van der Waals surface area contributed by atoms with Crippen LogP contribution in [0.25, 0.3) is 0 Å². The van der Waals surface area contributed by atoms with Crippen molar-refractivity contribution in [2.24, 2.45) is 0 Å². The molecule has 0 bridgehead atoms. The fourth-order valence-corrected chi connectivity index (χ4v) is 2.50. The minimum atomic E-state index is -0.232. The molecule has 0 aromatic rings. The number of hydrogen-bond acceptors (Lipinski definition) is 6. The summed E-state index contributed by atoms with van der Waals surface area (Å²) < 4.78 is 4.79. The third kappa shape index (κ3) is 16.0. The minimum absolute atomic E-state index is 0.0460. The van der Waals surface area contributed by atoms with E-state index in [4.69, 9.17) is 20.2 Å². The van der Waals surface area contributed by atoms with Crippen LogP contribution < -0.4 is 0 Å². The van der Waals surface area contributed by atoms with E-state index in [0.717, 1.165) is 38.5 Å². The van der Waals surface area contributed by atoms with Gasteiger partial charge < -0.3 is 14.9 Å². The van der Waals surface area contributed by atoms with E-state index in [2.05, 4.69) is 4.89 Å². The van der Waals surface area contributed by atoms with Gasteiger partial charge in [0, 0.05) is 13.0 Å². The molecule has 0 fully saturated rings. The van der Waals surface area contributed by atoms with Crippen LogP contribution in [0.2, 0.25) is 0 Å². The van der Waals surface area contributed by atoms with Crippen molar-refractivity contribution in [2.45, 2.75) is 83.2 Å². The summed E-state index contributed by atoms with van der Waals surface area (Å²) in [7, 11) is 0. The first-order valence-corrected chi connectivity index (χ1v) is 8.92. The molecule has 138 valence electrons. The van der Waals surface area contributed by atoms with Crippen LogP contribution >= 0.6 is 0 Å². The highest BCUT2D eigenvalue weighted by Gasteiger charge is 2.07. The Bertz CT molecular complexity index is 259. The Balaban J connectivity index is 3.20. The molecule has 6 heteroatoms. The number of rotatable bonds is 17. The first kappa shape index (κ1) is 22.3. The summed E-state index contributed by atoms with van der Waals surface area (Å²) in [6, 6.07) is 0. The Morgan fingerprint density at radius 3 is 1.87 bits per heavy atom. The molecule has 6 nitrogen and oxygen atoms in total. The van der Waals surface area contributed by atoms with Crippen LogP contribution in [0.3, 0.4) is 0 Å². The van der Waals surface area contributed by atoms with Gasteiger partial charge in [-0.05, 0) is 19.3 Å². The Labute approximate surface area is 139 Å². The molecule has 23 heavy (non-hydrogen) atoms. The van der Waals surface area contributed by atoms with Crippen molar-refractivity contribution < 1.29 is 29.9 Å². The van der Waals surface area contributed by atoms with E-state index in [1.165, 1.54) is 25.7 Å². The van der Waals surface area contributed by atoms with Crippen molar-refractivity contribution in [3.63, 3.8) is 0 Å². The molecular formula is C17H34O6. The zero-order chi connectivity index (χ0) is 17.2. The average molecular weight is 334 g/mol. The van der Waals surface area contributed by atoms with E-state index < -0.39 is 0 Å². The van der Waals surface area contributed by atoms with Gasteiger partial charge in [0.1, 0.15) is 6.61 Å². The summed E-state index contributed by atoms with van der Waals surface area (Å²) in [5.74, 6) is -0.217. The lowest BCUT2D eigenvalue weighted by Crippen LogP contribution is -2.12. The molecular weight excluding hydrogens is 300 g/mol. The fourth-order valence-electron chi connectivity index (χ4n) is 2.50. The summed E-state index contributed by atoms with van der Waals surface area (Å²) in [6.07, 6.45) is 11.5. The lowest BCUT2D eigenvalue weighted by molar-refractivity contribution is -0.282. The van der Waals surface area contributed by atoms with Gasteiger partial charge in [-0.3, -0.25) is 10.1 Å². The van der Waals surface area contributed by atoms with Crippen LogP contribution in [0.15, 0.2) is 0 Å². The Morgan fingerprint density at radius 2 is 1.35 bits per heavy atom. The van der Waals surface area contributed by atoms with Crippen molar-refractivity contribution in [2.75, 3.05) is 19.8 Å². The number of carbonyl (C=O) groups excluding carboxylic acids is 1. The number of aliphatic hydroxyl groups is 2. The van der Waals surface area contributed by atoms with Gasteiger partial charge in [0.05, 0.1) is 12.7 Å². The topological polar surface area (TPSA) is 96.2 Å². The summed E-state index contributed by atoms with van der Waals surface area (Å²) in [5, 5.41) is 25.9. The minimum Gasteiger partial charge on any atom is -0.463 e. The number of esters is 1. The van der Waals surface area contributed by atoms with Crippen LogP contribution in [0, 0.1) is 0 Å². The highest BCUT2D eigenvalue weighted by Crippen LogP contribution is 2.13. The van der Waals surface area contributed by atoms with E-state index in [9.17, 15) is 4.79 Å². The predicted molar refractivity (Wildman–Crippen MR) is 88.0 cm³/mol. The fraction of sp³-hybridized carbons (Fsp3) is 0.941. The second-order valence-electron chi connectivity index (χ2n) is 5.90. The SMILES string of the molecule is O=C(CCCCCCCCCCCC(CCO)OO)OCCO. The molecule has 0 aromatic carbocycles. The molecule has 0 aromatic heterocycles. The maximum atomic E-state index is 11.2. The third-order valence-corrected chi connectivity index (χ3v) is 3.86. The number of carbonyl (C=O) groups is 1. The molecule has 0 aliphatic rings. The number of unbranched alkanes of at least 4 members (excludes halogenated alkanes) is 8. The highest BCUT2D eigenvalue weighted by molar-refractivity contribution is 5.69. The molecule has 0 saturated carbocycles. The van der Waals surface area contributed by atoms with Gasteiger partial charge in [-0.2, -0.15) is 0 Å². The lowest BCUT2D eigenvalue weighted by Gasteiger charge is -2.11. The smallest absolute Gasteiger partial charge is 0.305 e. The van der Waals surface area contributed by atoms with Crippen molar-refractivity contribution in [3.05, 3.63) is 0 Å². The van der Waals surface area contributed by atoms with E-state index in [1.54, 1.807) is 0 Å². The van der Waals surface area contributed by atoms with Gasteiger partial charge in [0.15, 0.2) is 0 Å². The molecule has 0 amide bonds. The Morgan fingerprint density at radius 1 is 0.783 bits per heavy atom. The monoisotopic (exact) mass is 334 g/mol. The quantitative estimate of drug-likeness (QED) is 0.164. The van der Waals surface area contributed by atoms with Crippen molar-refractivity contribution >= 4 is 5.97 Å². The normalized spacial score (nSPS) is 12.3. The number of hydrogen-bond donors (Lipinski definition) is 3. The molecule has 0 saturated heterocycles. The first-order valence-electron chi connectivity index (χ1n) is 8.92. The molecule has 0 rings (SSSR count). The van der Waals surface area contributed by atoms with Crippen molar-refractivity contribution in [1.82, 2.24) is 0 Å². The molecule has 0 spiro atoms. The summed E-state index contributed by atoms with van der Waals surface area (Å²) >= 11 is 0. The van der Waals surface area contributed by atoms with Crippen LogP contribution in [-0.4, -0.2) is 47.4 Å². The van der Waals surface area contributed by atoms with E-state index in [-0.39, 0.29) is 31.9 Å². The summed E-state index contributed by atoms with van der Waals surface area (Å²) in [6.45, 7) is 0.0370. The van der Waals surface area contributed by atoms with Gasteiger partial charge in [0.25, 0.3) is 0 Å². The van der Waals surface area contributed by atoms with E-state index in [0.29, 0.717) is 12.8 Å². The van der Waals surface area contributed by atoms with E-state index >= 15 is 0 Å². The average Bonchev–Trinajstić information content (AvgIpc) is 2.56. The van der Waals surface area contributed by atoms with Crippen molar-refractivity contribution in [1.29, 1.82) is 0 Å². The van der Waals surface area contributed by atoms with Crippen LogP contribution in [0.4, 0.5) is 0 Å². The largest absolute Gasteiger partial charge is 0.463 e. The summed E-state index contributed by atoms with van der Waals surface area (Å²) in [4.78, 5) is 15.5. The van der Waals surface area contributed by atoms with Gasteiger partial charge in [-0.15, -0.1) is 0 Å². The van der Waals surface area contributed by atoms with Gasteiger partial charge in [0.2, 0.25) is 0 Å². The molecule has 0 heterocycles. The maximum Gasteiger partial charge on any atom is 0.305 e. The lowest BCUT2D eigenvalue weighted by atomic mass is 10.0. The standard InChI is InChI=1S/C17H34O6/c18-13-12-16(23-21)10-8-6-4-2-1-3-5-7-9-11-17(20)22-15-14-19/h16,18-19,21H,1-15H2. The van der Waals surface area contributed by atoms with Crippen LogP contribution in [-0.2, 0) is 14.4 Å². The zero-order valence-corrected chi connectivity index (χ0v) is 14.3. The Kier molecular flexibility index (Phi) is 17.1. The number of aliphatic hydroxyl groups excluding tert-OH is 2. The molecule has 1 atom stereocenters. The first-order chi connectivity index (χ1) is 11.2. The van der Waals surface area contributed by atoms with Crippen LogP contribution in [0.5, 0.6) is 0 Å². The van der Waals surface area contributed by atoms with E-state index in [1.807, 2.05) is 0 Å². The molecule has 0 aliphatic heterocycles. The third-order valence-electron chi connectivity index (χ3n) is 3.86. The molecule has 1 unspecified atom stereocenters. The van der Waals surface area contributed by atoms with Gasteiger partial charge in [-0.25, -0.2) is 4.89 Å². The second kappa shape index (κ2) is 17.7. The molecule has 0 radical (unpaired) electrons. The molecule has 3 N–H and O–H groups in total. The zero-order valence-electron chi connectivity index (χ0n) is 14.3. The number of ether oxygens (including phenoxy) is 1. The second-order valence-corrected chi connectivity index (χ2v) is 5.90.